The molecule has 254 valence electrons. The molecule has 0 spiro atoms. The zero-order valence-electron chi connectivity index (χ0n) is 27.1. The number of ether oxygens (including phenoxy) is 2. The van der Waals surface area contributed by atoms with E-state index in [4.69, 9.17) is 9.47 Å². The van der Waals surface area contributed by atoms with Crippen molar-refractivity contribution in [2.75, 3.05) is 19.7 Å². The molecule has 8 N–H and O–H groups in total. The lowest BCUT2D eigenvalue weighted by Crippen LogP contribution is -2.33. The van der Waals surface area contributed by atoms with E-state index in [9.17, 15) is 45.0 Å². The Hall–Kier alpha value is -4.55. The first-order valence-corrected chi connectivity index (χ1v) is 15.1. The summed E-state index contributed by atoms with van der Waals surface area (Å²) in [6.45, 7) is 12.3. The van der Waals surface area contributed by atoms with Crippen LogP contribution < -0.4 is 10.6 Å². The molecule has 0 radical (unpaired) electrons. The Balaban J connectivity index is 0.000000822. The molecule has 0 fully saturated rings. The molecule has 2 aromatic rings. The van der Waals surface area contributed by atoms with Crippen molar-refractivity contribution in [3.63, 3.8) is 0 Å². The zero-order chi connectivity index (χ0) is 34.6. The van der Waals surface area contributed by atoms with Gasteiger partial charge in [0, 0.05) is 18.7 Å². The summed E-state index contributed by atoms with van der Waals surface area (Å²) >= 11 is 0. The Bertz CT molecular complexity index is 1160. The van der Waals surface area contributed by atoms with Crippen molar-refractivity contribution in [3.05, 3.63) is 35.4 Å². The molecule has 0 saturated heterocycles. The first kappa shape index (κ1) is 40.5. The van der Waals surface area contributed by atoms with Gasteiger partial charge in [0.25, 0.3) is 5.91 Å². The number of benzene rings is 2. The summed E-state index contributed by atoms with van der Waals surface area (Å²) < 4.78 is 9.96. The van der Waals surface area contributed by atoms with Gasteiger partial charge in [-0.15, -0.1) is 0 Å². The third kappa shape index (κ3) is 16.8. The molecule has 2 aromatic carbocycles. The van der Waals surface area contributed by atoms with Crippen LogP contribution in [0.4, 0.5) is 4.79 Å². The molecule has 2 rings (SSSR count). The minimum absolute atomic E-state index is 0.0248. The Kier molecular flexibility index (Phi) is 19.1. The summed E-state index contributed by atoms with van der Waals surface area (Å²) in [5, 5.41) is 60.9. The van der Waals surface area contributed by atoms with Gasteiger partial charge in [0.15, 0.2) is 34.5 Å². The molecule has 0 atom stereocenters. The van der Waals surface area contributed by atoms with E-state index in [1.54, 1.807) is 20.8 Å². The van der Waals surface area contributed by atoms with Crippen LogP contribution in [-0.4, -0.2) is 73.9 Å². The number of hydrogen-bond acceptors (Lipinski definition) is 11. The van der Waals surface area contributed by atoms with Gasteiger partial charge in [-0.2, -0.15) is 0 Å². The fraction of sp³-hybridized carbons (Fsp3) is 0.531. The van der Waals surface area contributed by atoms with E-state index in [-0.39, 0.29) is 30.2 Å². The van der Waals surface area contributed by atoms with Crippen molar-refractivity contribution in [2.45, 2.75) is 92.1 Å². The van der Waals surface area contributed by atoms with Gasteiger partial charge < -0.3 is 50.7 Å². The minimum Gasteiger partial charge on any atom is -0.504 e. The van der Waals surface area contributed by atoms with Crippen LogP contribution in [0.1, 0.15) is 107 Å². The van der Waals surface area contributed by atoms with Gasteiger partial charge in [-0.1, -0.05) is 52.9 Å². The SMILES string of the molecule is CC.CC(C)(C)OC(=O)NCCCOC(=O)c1cc(O)c(O)c(O)c1.CCCCCCCCNC(=O)c1cc(O)c(O)c(O)c1. The number of phenolic OH excluding ortho intramolecular Hbond substituents is 6. The predicted molar refractivity (Wildman–Crippen MR) is 169 cm³/mol. The summed E-state index contributed by atoms with van der Waals surface area (Å²) in [4.78, 5) is 34.9. The molecule has 0 aliphatic rings. The second kappa shape index (κ2) is 21.2. The van der Waals surface area contributed by atoms with Crippen LogP contribution in [0.2, 0.25) is 0 Å². The molecule has 0 unspecified atom stereocenters. The Morgan fingerprint density at radius 2 is 1.11 bits per heavy atom. The Morgan fingerprint density at radius 3 is 1.60 bits per heavy atom. The van der Waals surface area contributed by atoms with Crippen molar-refractivity contribution in [1.29, 1.82) is 0 Å². The van der Waals surface area contributed by atoms with E-state index in [0.29, 0.717) is 13.0 Å². The normalized spacial score (nSPS) is 10.4. The number of nitrogens with one attached hydrogen (secondary N) is 2. The summed E-state index contributed by atoms with van der Waals surface area (Å²) in [6, 6.07) is 4.23. The van der Waals surface area contributed by atoms with E-state index in [0.717, 1.165) is 37.1 Å². The molecule has 0 bridgehead atoms. The largest absolute Gasteiger partial charge is 0.504 e. The van der Waals surface area contributed by atoms with Crippen molar-refractivity contribution >= 4 is 18.0 Å². The summed E-state index contributed by atoms with van der Waals surface area (Å²) in [5.74, 6) is -4.71. The predicted octanol–water partition coefficient (Wildman–Crippen LogP) is 5.79. The van der Waals surface area contributed by atoms with Gasteiger partial charge in [-0.25, -0.2) is 9.59 Å². The zero-order valence-corrected chi connectivity index (χ0v) is 27.1. The minimum atomic E-state index is -0.770. The van der Waals surface area contributed by atoms with Gasteiger partial charge in [0.1, 0.15) is 5.60 Å². The maximum Gasteiger partial charge on any atom is 0.407 e. The fourth-order valence-electron chi connectivity index (χ4n) is 3.49. The number of carbonyl (C=O) groups is 3. The van der Waals surface area contributed by atoms with Crippen molar-refractivity contribution in [2.24, 2.45) is 0 Å². The molecule has 0 aliphatic carbocycles. The number of rotatable bonds is 13. The van der Waals surface area contributed by atoms with Gasteiger partial charge in [0.2, 0.25) is 0 Å². The van der Waals surface area contributed by atoms with E-state index in [2.05, 4.69) is 17.6 Å². The van der Waals surface area contributed by atoms with Crippen LogP contribution in [-0.2, 0) is 9.47 Å². The summed E-state index contributed by atoms with van der Waals surface area (Å²) in [5.41, 5.74) is -0.555. The maximum absolute atomic E-state index is 11.8. The number of aromatic hydroxyl groups is 6. The van der Waals surface area contributed by atoms with Gasteiger partial charge in [0.05, 0.1) is 12.2 Å². The Labute approximate surface area is 264 Å². The molecule has 13 heteroatoms. The lowest BCUT2D eigenvalue weighted by molar-refractivity contribution is 0.0482. The summed E-state index contributed by atoms with van der Waals surface area (Å²) in [7, 11) is 0. The van der Waals surface area contributed by atoms with Crippen LogP contribution in [0.25, 0.3) is 0 Å². The quantitative estimate of drug-likeness (QED) is 0.0746. The highest BCUT2D eigenvalue weighted by molar-refractivity contribution is 5.95. The number of esters is 1. The van der Waals surface area contributed by atoms with Crippen molar-refractivity contribution in [3.8, 4) is 34.5 Å². The van der Waals surface area contributed by atoms with Crippen molar-refractivity contribution in [1.82, 2.24) is 10.6 Å². The first-order chi connectivity index (χ1) is 21.2. The van der Waals surface area contributed by atoms with Crippen LogP contribution in [0.15, 0.2) is 24.3 Å². The van der Waals surface area contributed by atoms with Crippen molar-refractivity contribution < 1.29 is 54.5 Å². The molecular formula is C32H50N2O11. The lowest BCUT2D eigenvalue weighted by atomic mass is 10.1. The summed E-state index contributed by atoms with van der Waals surface area (Å²) in [6.07, 6.45) is 6.65. The second-order valence-corrected chi connectivity index (χ2v) is 10.7. The number of unbranched alkanes of at least 4 members (excludes halogenated alkanes) is 5. The molecule has 45 heavy (non-hydrogen) atoms. The number of hydrogen-bond donors (Lipinski definition) is 8. The maximum atomic E-state index is 11.8. The molecular weight excluding hydrogens is 588 g/mol. The molecule has 0 saturated carbocycles. The van der Waals surface area contributed by atoms with Crippen LogP contribution in [0, 0.1) is 0 Å². The monoisotopic (exact) mass is 638 g/mol. The molecule has 13 nitrogen and oxygen atoms in total. The molecule has 0 aromatic heterocycles. The number of amides is 2. The first-order valence-electron chi connectivity index (χ1n) is 15.1. The van der Waals surface area contributed by atoms with E-state index < -0.39 is 52.2 Å². The standard InChI is InChI=1S/C15H21NO7.C15H23NO4.C2H6/c1-15(2,3)23-14(21)16-5-4-6-22-13(20)9-7-10(17)12(19)11(18)8-9;1-2-3-4-5-6-7-8-16-15(20)11-9-12(17)14(19)13(18)10-11;1-2/h7-8,17-19H,4-6H2,1-3H3,(H,16,21);9-10,17-19H,2-8H2,1H3,(H,16,20);1-2H3. The van der Waals surface area contributed by atoms with E-state index in [1.165, 1.54) is 25.7 Å². The highest BCUT2D eigenvalue weighted by atomic mass is 16.6. The third-order valence-electron chi connectivity index (χ3n) is 5.68. The fourth-order valence-corrected chi connectivity index (χ4v) is 3.49. The number of phenols is 6. The van der Waals surface area contributed by atoms with Gasteiger partial charge in [-0.05, 0) is 57.9 Å². The van der Waals surface area contributed by atoms with E-state index >= 15 is 0 Å². The van der Waals surface area contributed by atoms with E-state index in [1.807, 2.05) is 13.8 Å². The average molecular weight is 639 g/mol. The average Bonchev–Trinajstić information content (AvgIpc) is 2.97. The smallest absolute Gasteiger partial charge is 0.407 e. The molecule has 0 heterocycles. The highest BCUT2D eigenvalue weighted by Gasteiger charge is 2.17. The molecule has 0 aliphatic heterocycles. The topological polar surface area (TPSA) is 215 Å². The highest BCUT2D eigenvalue weighted by Crippen LogP contribution is 2.36. The lowest BCUT2D eigenvalue weighted by Gasteiger charge is -2.19. The third-order valence-corrected chi connectivity index (χ3v) is 5.68. The van der Waals surface area contributed by atoms with Gasteiger partial charge in [-0.3, -0.25) is 4.79 Å². The van der Waals surface area contributed by atoms with Crippen LogP contribution in [0.3, 0.4) is 0 Å². The number of alkyl carbamates (subject to hydrolysis) is 1. The molecule has 2 amide bonds. The Morgan fingerprint density at radius 1 is 0.667 bits per heavy atom. The van der Waals surface area contributed by atoms with Gasteiger partial charge >= 0.3 is 12.1 Å². The van der Waals surface area contributed by atoms with Crippen LogP contribution in [0.5, 0.6) is 34.5 Å². The second-order valence-electron chi connectivity index (χ2n) is 10.7. The van der Waals surface area contributed by atoms with Crippen LogP contribution >= 0.6 is 0 Å². The number of carbonyl (C=O) groups excluding carboxylic acids is 3.